The van der Waals surface area contributed by atoms with Gasteiger partial charge in [0, 0.05) is 43.6 Å². The molecule has 3 aromatic rings. The number of hydrogen-bond acceptors (Lipinski definition) is 5. The van der Waals surface area contributed by atoms with Crippen LogP contribution in [0.5, 0.6) is 0 Å². The number of aromatic nitrogens is 3. The lowest BCUT2D eigenvalue weighted by molar-refractivity contribution is 0.0739. The predicted octanol–water partition coefficient (Wildman–Crippen LogP) is 2.73. The van der Waals surface area contributed by atoms with Crippen LogP contribution in [0, 0.1) is 17.1 Å². The van der Waals surface area contributed by atoms with Gasteiger partial charge in [0.25, 0.3) is 5.91 Å². The van der Waals surface area contributed by atoms with Crippen LogP contribution in [0.1, 0.15) is 33.7 Å². The van der Waals surface area contributed by atoms with Crippen molar-refractivity contribution in [2.75, 3.05) is 31.1 Å². The van der Waals surface area contributed by atoms with Crippen molar-refractivity contribution in [1.29, 1.82) is 5.26 Å². The zero-order valence-electron chi connectivity index (χ0n) is 17.0. The number of hydrogen-bond donors (Lipinski definition) is 0. The molecule has 1 fully saturated rings. The highest BCUT2D eigenvalue weighted by Crippen LogP contribution is 2.30. The van der Waals surface area contributed by atoms with E-state index in [4.69, 9.17) is 0 Å². The van der Waals surface area contributed by atoms with Gasteiger partial charge in [0.15, 0.2) is 5.69 Å². The zero-order valence-corrected chi connectivity index (χ0v) is 17.0. The normalized spacial score (nSPS) is 15.6. The molecule has 156 valence electrons. The SMILES string of the molecule is N#Cc1cccnc1N1CCN(C(=O)c2nn(-c3ccccc3F)c3c2CCC3)CC1. The summed E-state index contributed by atoms with van der Waals surface area (Å²) in [5, 5.41) is 13.9. The lowest BCUT2D eigenvalue weighted by atomic mass is 10.1. The predicted molar refractivity (Wildman–Crippen MR) is 113 cm³/mol. The van der Waals surface area contributed by atoms with E-state index in [0.717, 1.165) is 30.5 Å². The summed E-state index contributed by atoms with van der Waals surface area (Å²) in [5.74, 6) is 0.187. The van der Waals surface area contributed by atoms with Gasteiger partial charge in [0.05, 0.1) is 5.56 Å². The van der Waals surface area contributed by atoms with Crippen LogP contribution in [0.3, 0.4) is 0 Å². The van der Waals surface area contributed by atoms with Crippen LogP contribution >= 0.6 is 0 Å². The summed E-state index contributed by atoms with van der Waals surface area (Å²) in [6.07, 6.45) is 4.18. The van der Waals surface area contributed by atoms with Crippen molar-refractivity contribution in [1.82, 2.24) is 19.7 Å². The third kappa shape index (κ3) is 3.32. The van der Waals surface area contributed by atoms with Crippen LogP contribution in [0.2, 0.25) is 0 Å². The minimum Gasteiger partial charge on any atom is -0.352 e. The Morgan fingerprint density at radius 3 is 2.65 bits per heavy atom. The summed E-state index contributed by atoms with van der Waals surface area (Å²) in [6, 6.07) is 12.2. The Balaban J connectivity index is 1.38. The lowest BCUT2D eigenvalue weighted by Crippen LogP contribution is -2.49. The minimum absolute atomic E-state index is 0.116. The average Bonchev–Trinajstić information content (AvgIpc) is 3.42. The maximum atomic E-state index is 14.4. The Labute approximate surface area is 179 Å². The zero-order chi connectivity index (χ0) is 21.4. The van der Waals surface area contributed by atoms with Crippen LogP contribution in [0.15, 0.2) is 42.6 Å². The summed E-state index contributed by atoms with van der Waals surface area (Å²) in [5.41, 5.74) is 3.21. The molecular formula is C23H21FN6O. The molecule has 2 aliphatic rings. The highest BCUT2D eigenvalue weighted by molar-refractivity contribution is 5.94. The number of halogens is 1. The highest BCUT2D eigenvalue weighted by atomic mass is 19.1. The summed E-state index contributed by atoms with van der Waals surface area (Å²) in [6.45, 7) is 2.21. The molecule has 7 nitrogen and oxygen atoms in total. The van der Waals surface area contributed by atoms with Crippen molar-refractivity contribution in [3.63, 3.8) is 0 Å². The standard InChI is InChI=1S/C23H21FN6O/c24-18-7-1-2-8-20(18)30-19-9-3-6-17(19)21(27-30)23(31)29-13-11-28(12-14-29)22-16(15-25)5-4-10-26-22/h1-2,4-5,7-8,10H,3,6,9,11-14H2. The molecule has 3 heterocycles. The number of nitriles is 1. The van der Waals surface area contributed by atoms with Crippen molar-refractivity contribution in [3.05, 3.63) is 70.9 Å². The van der Waals surface area contributed by atoms with Crippen molar-refractivity contribution < 1.29 is 9.18 Å². The van der Waals surface area contributed by atoms with Crippen molar-refractivity contribution in [2.45, 2.75) is 19.3 Å². The molecule has 0 N–H and O–H groups in total. The van der Waals surface area contributed by atoms with Gasteiger partial charge >= 0.3 is 0 Å². The van der Waals surface area contributed by atoms with E-state index < -0.39 is 0 Å². The fourth-order valence-corrected chi connectivity index (χ4v) is 4.44. The summed E-state index contributed by atoms with van der Waals surface area (Å²) >= 11 is 0. The van der Waals surface area contributed by atoms with Crippen LogP contribution in [0.4, 0.5) is 10.2 Å². The molecule has 1 aromatic carbocycles. The van der Waals surface area contributed by atoms with E-state index in [0.29, 0.717) is 48.9 Å². The maximum Gasteiger partial charge on any atom is 0.274 e. The molecule has 1 aliphatic carbocycles. The first-order chi connectivity index (χ1) is 15.2. The Hall–Kier alpha value is -3.73. The maximum absolute atomic E-state index is 14.4. The van der Waals surface area contributed by atoms with Crippen molar-refractivity contribution in [2.24, 2.45) is 0 Å². The second kappa shape index (κ2) is 7.84. The summed E-state index contributed by atoms with van der Waals surface area (Å²) in [7, 11) is 0. The van der Waals surface area contributed by atoms with E-state index in [1.54, 1.807) is 46.1 Å². The lowest BCUT2D eigenvalue weighted by Gasteiger charge is -2.35. The number of piperazine rings is 1. The smallest absolute Gasteiger partial charge is 0.274 e. The number of amides is 1. The van der Waals surface area contributed by atoms with Gasteiger partial charge in [0.2, 0.25) is 0 Å². The first-order valence-electron chi connectivity index (χ1n) is 10.4. The molecule has 0 radical (unpaired) electrons. The summed E-state index contributed by atoms with van der Waals surface area (Å²) in [4.78, 5) is 21.5. The van der Waals surface area contributed by atoms with Crippen LogP contribution in [0.25, 0.3) is 5.69 Å². The fourth-order valence-electron chi connectivity index (χ4n) is 4.44. The average molecular weight is 416 g/mol. The number of rotatable bonds is 3. The number of carbonyl (C=O) groups is 1. The first kappa shape index (κ1) is 19.2. The Kier molecular flexibility index (Phi) is 4.86. The van der Waals surface area contributed by atoms with E-state index in [1.807, 2.05) is 4.90 Å². The van der Waals surface area contributed by atoms with Gasteiger partial charge in [0.1, 0.15) is 23.4 Å². The minimum atomic E-state index is -0.351. The Bertz CT molecular complexity index is 1190. The van der Waals surface area contributed by atoms with E-state index in [1.165, 1.54) is 6.07 Å². The Morgan fingerprint density at radius 1 is 1.06 bits per heavy atom. The van der Waals surface area contributed by atoms with Crippen LogP contribution in [-0.4, -0.2) is 51.8 Å². The molecular weight excluding hydrogens is 395 g/mol. The second-order valence-corrected chi connectivity index (χ2v) is 7.76. The molecule has 0 bridgehead atoms. The third-order valence-electron chi connectivity index (χ3n) is 5.99. The Morgan fingerprint density at radius 2 is 1.87 bits per heavy atom. The van der Waals surface area contributed by atoms with Crippen molar-refractivity contribution >= 4 is 11.7 Å². The van der Waals surface area contributed by atoms with Gasteiger partial charge in [-0.05, 0) is 43.5 Å². The van der Waals surface area contributed by atoms with Gasteiger partial charge in [-0.3, -0.25) is 4.79 Å². The molecule has 2 aromatic heterocycles. The number of pyridine rings is 1. The van der Waals surface area contributed by atoms with E-state index in [-0.39, 0.29) is 11.7 Å². The van der Waals surface area contributed by atoms with Gasteiger partial charge in [-0.25, -0.2) is 14.1 Å². The topological polar surface area (TPSA) is 78.1 Å². The molecule has 8 heteroatoms. The third-order valence-corrected chi connectivity index (χ3v) is 5.99. The largest absolute Gasteiger partial charge is 0.352 e. The number of anilines is 1. The highest BCUT2D eigenvalue weighted by Gasteiger charge is 2.32. The quantitative estimate of drug-likeness (QED) is 0.656. The number of carbonyl (C=O) groups excluding carboxylic acids is 1. The van der Waals surface area contributed by atoms with Crippen molar-refractivity contribution in [3.8, 4) is 11.8 Å². The molecule has 0 saturated carbocycles. The van der Waals surface area contributed by atoms with Gasteiger partial charge in [-0.2, -0.15) is 10.4 Å². The molecule has 5 rings (SSSR count). The molecule has 0 spiro atoms. The number of benzene rings is 1. The van der Waals surface area contributed by atoms with Gasteiger partial charge in [-0.1, -0.05) is 12.1 Å². The molecule has 0 unspecified atom stereocenters. The van der Waals surface area contributed by atoms with Gasteiger partial charge in [-0.15, -0.1) is 0 Å². The van der Waals surface area contributed by atoms with E-state index >= 15 is 0 Å². The number of fused-ring (bicyclic) bond motifs is 1. The van der Waals surface area contributed by atoms with Crippen LogP contribution in [-0.2, 0) is 12.8 Å². The second-order valence-electron chi connectivity index (χ2n) is 7.76. The monoisotopic (exact) mass is 416 g/mol. The van der Waals surface area contributed by atoms with E-state index in [2.05, 4.69) is 16.2 Å². The fraction of sp³-hybridized carbons (Fsp3) is 0.304. The van der Waals surface area contributed by atoms with E-state index in [9.17, 15) is 14.4 Å². The number of para-hydroxylation sites is 1. The first-order valence-corrected chi connectivity index (χ1v) is 10.4. The van der Waals surface area contributed by atoms with Gasteiger partial charge < -0.3 is 9.80 Å². The molecule has 31 heavy (non-hydrogen) atoms. The molecule has 0 atom stereocenters. The molecule has 1 amide bonds. The number of nitrogens with zero attached hydrogens (tertiary/aromatic N) is 6. The summed E-state index contributed by atoms with van der Waals surface area (Å²) < 4.78 is 16.0. The van der Waals surface area contributed by atoms with Crippen LogP contribution < -0.4 is 4.90 Å². The molecule has 1 saturated heterocycles. The molecule has 1 aliphatic heterocycles.